The van der Waals surface area contributed by atoms with Gasteiger partial charge in [-0.2, -0.15) is 0 Å². The Labute approximate surface area is 272 Å². The van der Waals surface area contributed by atoms with E-state index in [4.69, 9.17) is 4.42 Å². The summed E-state index contributed by atoms with van der Waals surface area (Å²) in [7, 11) is 0. The molecule has 0 aliphatic carbocycles. The summed E-state index contributed by atoms with van der Waals surface area (Å²) in [5.74, 6) is -0.0638. The van der Waals surface area contributed by atoms with Crippen molar-refractivity contribution >= 4 is 38.7 Å². The second-order valence-corrected chi connectivity index (χ2v) is 12.2. The molecule has 0 fully saturated rings. The standard InChI is InChI=1S/C35H29BrN6O4/c1-21-16-24(8-10-28(21)36)34(44)40-20-29-31(33(43)39-18-25-6-3-4-7-27(25)32-37-13-5-14-38-32)42(35(45)41(29)19-22(40)2)26-9-11-30-23(17-26)12-15-46-30/h3-17,22H,18-20H2,1-2H3,(H,39,43)/t22-/m1/s1. The molecule has 11 heteroatoms. The first-order chi connectivity index (χ1) is 22.3. The second kappa shape index (κ2) is 11.9. The number of carbonyl (C=O) groups excluding carboxylic acids is 2. The fourth-order valence-corrected chi connectivity index (χ4v) is 6.23. The van der Waals surface area contributed by atoms with Gasteiger partial charge >= 0.3 is 5.69 Å². The zero-order valence-corrected chi connectivity index (χ0v) is 26.7. The van der Waals surface area contributed by atoms with Gasteiger partial charge in [-0.25, -0.2) is 14.8 Å². The summed E-state index contributed by atoms with van der Waals surface area (Å²) < 4.78 is 9.48. The summed E-state index contributed by atoms with van der Waals surface area (Å²) in [6, 6.07) is 21.7. The number of rotatable bonds is 6. The molecule has 2 amide bonds. The van der Waals surface area contributed by atoms with Crippen molar-refractivity contribution < 1.29 is 14.0 Å². The average Bonchev–Trinajstić information content (AvgIpc) is 3.66. The molecule has 6 aromatic rings. The number of nitrogens with one attached hydrogen (secondary N) is 1. The number of fused-ring (bicyclic) bond motifs is 2. The van der Waals surface area contributed by atoms with Crippen molar-refractivity contribution in [2.45, 2.75) is 39.5 Å². The number of aryl methyl sites for hydroxylation is 1. The van der Waals surface area contributed by atoms with Crippen molar-refractivity contribution in [2.75, 3.05) is 0 Å². The largest absolute Gasteiger partial charge is 0.464 e. The van der Waals surface area contributed by atoms with E-state index in [1.54, 1.807) is 52.4 Å². The third kappa shape index (κ3) is 5.22. The van der Waals surface area contributed by atoms with Gasteiger partial charge in [-0.15, -0.1) is 0 Å². The molecular formula is C35H29BrN6O4. The molecule has 1 N–H and O–H groups in total. The fraction of sp³-hybridized carbons (Fsp3) is 0.171. The van der Waals surface area contributed by atoms with E-state index in [2.05, 4.69) is 31.2 Å². The highest BCUT2D eigenvalue weighted by molar-refractivity contribution is 9.10. The van der Waals surface area contributed by atoms with Crippen LogP contribution in [0.1, 0.15) is 44.6 Å². The minimum atomic E-state index is -0.441. The number of benzene rings is 3. The van der Waals surface area contributed by atoms with Gasteiger partial charge in [-0.05, 0) is 73.5 Å². The summed E-state index contributed by atoms with van der Waals surface area (Å²) >= 11 is 3.50. The van der Waals surface area contributed by atoms with E-state index >= 15 is 0 Å². The molecule has 0 spiro atoms. The number of imidazole rings is 1. The summed E-state index contributed by atoms with van der Waals surface area (Å²) in [5, 5.41) is 3.84. The van der Waals surface area contributed by atoms with Crippen molar-refractivity contribution in [3.63, 3.8) is 0 Å². The molecule has 1 atom stereocenters. The Hall–Kier alpha value is -5.29. The van der Waals surface area contributed by atoms with Gasteiger partial charge in [0.25, 0.3) is 11.8 Å². The highest BCUT2D eigenvalue weighted by Crippen LogP contribution is 2.28. The van der Waals surface area contributed by atoms with Crippen molar-refractivity contribution in [1.82, 2.24) is 29.3 Å². The molecule has 3 aromatic heterocycles. The van der Waals surface area contributed by atoms with E-state index in [0.29, 0.717) is 28.4 Å². The van der Waals surface area contributed by atoms with Crippen LogP contribution in [0.5, 0.6) is 0 Å². The van der Waals surface area contributed by atoms with E-state index in [0.717, 1.165) is 26.5 Å². The molecule has 0 bridgehead atoms. The van der Waals surface area contributed by atoms with Crippen LogP contribution >= 0.6 is 15.9 Å². The van der Waals surface area contributed by atoms with E-state index in [1.807, 2.05) is 62.4 Å². The third-order valence-corrected chi connectivity index (χ3v) is 9.27. The second-order valence-electron chi connectivity index (χ2n) is 11.3. The molecule has 0 saturated carbocycles. The lowest BCUT2D eigenvalue weighted by Crippen LogP contribution is -2.47. The van der Waals surface area contributed by atoms with Gasteiger partial charge in [0.15, 0.2) is 5.82 Å². The Kier molecular flexibility index (Phi) is 7.61. The van der Waals surface area contributed by atoms with Crippen molar-refractivity contribution in [1.29, 1.82) is 0 Å². The van der Waals surface area contributed by atoms with E-state index in [9.17, 15) is 14.4 Å². The van der Waals surface area contributed by atoms with Gasteiger partial charge in [0.05, 0.1) is 24.2 Å². The minimum Gasteiger partial charge on any atom is -0.464 e. The maximum atomic E-state index is 14.2. The lowest BCUT2D eigenvalue weighted by molar-refractivity contribution is 0.0610. The normalized spacial score (nSPS) is 14.3. The van der Waals surface area contributed by atoms with E-state index < -0.39 is 5.91 Å². The molecule has 0 saturated heterocycles. The molecule has 4 heterocycles. The van der Waals surface area contributed by atoms with Crippen molar-refractivity contribution in [3.8, 4) is 17.1 Å². The Morgan fingerprint density at radius 3 is 2.63 bits per heavy atom. The highest BCUT2D eigenvalue weighted by atomic mass is 79.9. The van der Waals surface area contributed by atoms with Crippen LogP contribution in [-0.4, -0.2) is 41.9 Å². The molecule has 0 radical (unpaired) electrons. The lowest BCUT2D eigenvalue weighted by atomic mass is 10.1. The topological polar surface area (TPSA) is 115 Å². The first kappa shape index (κ1) is 29.4. The number of nitrogens with zero attached hydrogens (tertiary/aromatic N) is 5. The summed E-state index contributed by atoms with van der Waals surface area (Å²) in [4.78, 5) is 52.6. The van der Waals surface area contributed by atoms with Crippen molar-refractivity contribution in [3.05, 3.63) is 134 Å². The van der Waals surface area contributed by atoms with Crippen LogP contribution in [-0.2, 0) is 19.6 Å². The number of furan rings is 1. The molecule has 46 heavy (non-hydrogen) atoms. The maximum Gasteiger partial charge on any atom is 0.333 e. The third-order valence-electron chi connectivity index (χ3n) is 8.38. The van der Waals surface area contributed by atoms with Gasteiger partial charge in [-0.3, -0.25) is 18.7 Å². The Bertz CT molecular complexity index is 2180. The fourth-order valence-electron chi connectivity index (χ4n) is 5.99. The zero-order valence-electron chi connectivity index (χ0n) is 25.1. The van der Waals surface area contributed by atoms with Gasteiger partial charge in [0, 0.05) is 52.5 Å². The minimum absolute atomic E-state index is 0.0858. The maximum absolute atomic E-state index is 14.2. The van der Waals surface area contributed by atoms with Gasteiger partial charge in [-0.1, -0.05) is 40.2 Å². The Morgan fingerprint density at radius 2 is 1.83 bits per heavy atom. The molecule has 7 rings (SSSR count). The zero-order chi connectivity index (χ0) is 31.9. The predicted octanol–water partition coefficient (Wildman–Crippen LogP) is 5.89. The van der Waals surface area contributed by atoms with Gasteiger partial charge in [0.1, 0.15) is 11.3 Å². The SMILES string of the molecule is Cc1cc(C(=O)N2Cc3c(C(=O)NCc4ccccc4-c4ncccn4)n(-c4ccc5occc5c4)c(=O)n3C[C@H]2C)ccc1Br. The van der Waals surface area contributed by atoms with Crippen LogP contribution in [0.3, 0.4) is 0 Å². The first-order valence-corrected chi connectivity index (χ1v) is 15.6. The number of hydrogen-bond acceptors (Lipinski definition) is 6. The molecule has 1 aliphatic heterocycles. The van der Waals surface area contributed by atoms with E-state index in [1.165, 1.54) is 4.57 Å². The van der Waals surface area contributed by atoms with E-state index in [-0.39, 0.29) is 43.0 Å². The number of aromatic nitrogens is 4. The Balaban J connectivity index is 1.29. The van der Waals surface area contributed by atoms with Crippen LogP contribution in [0.25, 0.3) is 28.0 Å². The van der Waals surface area contributed by atoms with Gasteiger partial charge < -0.3 is 14.6 Å². The summed E-state index contributed by atoms with van der Waals surface area (Å²) in [6.07, 6.45) is 4.92. The quantitative estimate of drug-likeness (QED) is 0.235. The average molecular weight is 678 g/mol. The molecule has 230 valence electrons. The smallest absolute Gasteiger partial charge is 0.333 e. The van der Waals surface area contributed by atoms with Crippen LogP contribution in [0.4, 0.5) is 0 Å². The lowest BCUT2D eigenvalue weighted by Gasteiger charge is -2.34. The molecule has 0 unspecified atom stereocenters. The molecular weight excluding hydrogens is 648 g/mol. The molecule has 1 aliphatic rings. The number of amides is 2. The number of carbonyl (C=O) groups is 2. The first-order valence-electron chi connectivity index (χ1n) is 14.8. The number of hydrogen-bond donors (Lipinski definition) is 1. The van der Waals surface area contributed by atoms with Crippen LogP contribution in [0.2, 0.25) is 0 Å². The van der Waals surface area contributed by atoms with Crippen LogP contribution in [0.15, 0.2) is 105 Å². The number of halogens is 1. The predicted molar refractivity (Wildman–Crippen MR) is 177 cm³/mol. The van der Waals surface area contributed by atoms with Crippen LogP contribution in [0, 0.1) is 6.92 Å². The molecule has 3 aromatic carbocycles. The summed E-state index contributed by atoms with van der Waals surface area (Å²) in [5.41, 5.74) is 4.58. The molecule has 10 nitrogen and oxygen atoms in total. The highest BCUT2D eigenvalue weighted by Gasteiger charge is 2.35. The monoisotopic (exact) mass is 676 g/mol. The van der Waals surface area contributed by atoms with Crippen LogP contribution < -0.4 is 11.0 Å². The Morgan fingerprint density at radius 1 is 1.02 bits per heavy atom. The van der Waals surface area contributed by atoms with Gasteiger partial charge in [0.2, 0.25) is 0 Å². The summed E-state index contributed by atoms with van der Waals surface area (Å²) in [6.45, 7) is 4.34. The van der Waals surface area contributed by atoms with Crippen molar-refractivity contribution in [2.24, 2.45) is 0 Å².